The highest BCUT2D eigenvalue weighted by Gasteiger charge is 2.15. The average Bonchev–Trinajstić information content (AvgIpc) is 2.89. The van der Waals surface area contributed by atoms with Crippen LogP contribution in [0.3, 0.4) is 0 Å². The van der Waals surface area contributed by atoms with Crippen LogP contribution in [0.5, 0.6) is 0 Å². The summed E-state index contributed by atoms with van der Waals surface area (Å²) < 4.78 is 5.39. The third kappa shape index (κ3) is 3.73. The summed E-state index contributed by atoms with van der Waals surface area (Å²) in [7, 11) is 1.99. The Kier molecular flexibility index (Phi) is 4.89. The minimum Gasteiger partial charge on any atom is -0.381 e. The lowest BCUT2D eigenvalue weighted by atomic mass is 10.1. The van der Waals surface area contributed by atoms with Gasteiger partial charge in [0.2, 0.25) is 0 Å². The van der Waals surface area contributed by atoms with Crippen molar-refractivity contribution in [2.75, 3.05) is 26.0 Å². The summed E-state index contributed by atoms with van der Waals surface area (Å²) >= 11 is 1.95. The molecule has 1 aromatic rings. The second kappa shape index (κ2) is 6.43. The largest absolute Gasteiger partial charge is 0.381 e. The van der Waals surface area contributed by atoms with Gasteiger partial charge in [0.1, 0.15) is 0 Å². The molecule has 1 aliphatic heterocycles. The lowest BCUT2D eigenvalue weighted by Crippen LogP contribution is -2.11. The molecule has 1 aliphatic rings. The van der Waals surface area contributed by atoms with Crippen molar-refractivity contribution >= 4 is 11.8 Å². The van der Waals surface area contributed by atoms with E-state index in [4.69, 9.17) is 4.74 Å². The van der Waals surface area contributed by atoms with E-state index in [0.29, 0.717) is 6.04 Å². The molecule has 1 fully saturated rings. The fourth-order valence-corrected chi connectivity index (χ4v) is 2.97. The number of hydrogen-bond donors (Lipinski definition) is 1. The summed E-state index contributed by atoms with van der Waals surface area (Å²) in [6.07, 6.45) is 1.22. The number of nitrogens with one attached hydrogen (secondary N) is 1. The van der Waals surface area contributed by atoms with Gasteiger partial charge in [-0.15, -0.1) is 11.8 Å². The predicted molar refractivity (Wildman–Crippen MR) is 73.6 cm³/mol. The number of hydrogen-bond acceptors (Lipinski definition) is 3. The molecule has 0 radical (unpaired) electrons. The van der Waals surface area contributed by atoms with Crippen LogP contribution in [0.15, 0.2) is 29.2 Å². The molecule has 0 bridgehead atoms. The lowest BCUT2D eigenvalue weighted by molar-refractivity contribution is 0.189. The first-order chi connectivity index (χ1) is 8.29. The van der Waals surface area contributed by atoms with Gasteiger partial charge in [-0.2, -0.15) is 0 Å². The molecule has 2 unspecified atom stereocenters. The molecule has 1 heterocycles. The highest BCUT2D eigenvalue weighted by molar-refractivity contribution is 7.99. The van der Waals surface area contributed by atoms with Gasteiger partial charge in [0, 0.05) is 23.3 Å². The van der Waals surface area contributed by atoms with Crippen molar-refractivity contribution in [2.24, 2.45) is 5.92 Å². The van der Waals surface area contributed by atoms with Gasteiger partial charge in [-0.1, -0.05) is 12.1 Å². The van der Waals surface area contributed by atoms with Gasteiger partial charge in [0.15, 0.2) is 0 Å². The van der Waals surface area contributed by atoms with Crippen LogP contribution in [-0.2, 0) is 4.74 Å². The van der Waals surface area contributed by atoms with Gasteiger partial charge >= 0.3 is 0 Å². The maximum atomic E-state index is 5.39. The lowest BCUT2D eigenvalue weighted by Gasteiger charge is -2.11. The molecule has 0 aliphatic carbocycles. The summed E-state index contributed by atoms with van der Waals surface area (Å²) in [5.41, 5.74) is 1.35. The number of thioether (sulfide) groups is 1. The molecule has 0 aromatic heterocycles. The van der Waals surface area contributed by atoms with Gasteiger partial charge in [-0.05, 0) is 44.0 Å². The van der Waals surface area contributed by atoms with Crippen LogP contribution in [0.4, 0.5) is 0 Å². The minimum atomic E-state index is 0.428. The Bertz CT molecular complexity index is 333. The molecule has 94 valence electrons. The summed E-state index contributed by atoms with van der Waals surface area (Å²) in [6, 6.07) is 9.31. The molecule has 2 rings (SSSR count). The normalized spacial score (nSPS) is 21.6. The Morgan fingerprint density at radius 2 is 2.18 bits per heavy atom. The second-order valence-electron chi connectivity index (χ2n) is 4.62. The molecule has 17 heavy (non-hydrogen) atoms. The van der Waals surface area contributed by atoms with Crippen LogP contribution in [0.2, 0.25) is 0 Å². The van der Waals surface area contributed by atoms with Crippen LogP contribution in [0.1, 0.15) is 24.9 Å². The van der Waals surface area contributed by atoms with Gasteiger partial charge in [-0.3, -0.25) is 0 Å². The first kappa shape index (κ1) is 12.9. The average molecular weight is 251 g/mol. The van der Waals surface area contributed by atoms with Gasteiger partial charge < -0.3 is 10.1 Å². The molecule has 2 nitrogen and oxygen atoms in total. The van der Waals surface area contributed by atoms with Crippen molar-refractivity contribution in [2.45, 2.75) is 24.3 Å². The van der Waals surface area contributed by atoms with Crippen molar-refractivity contribution in [3.05, 3.63) is 29.8 Å². The zero-order chi connectivity index (χ0) is 12.1. The van der Waals surface area contributed by atoms with Crippen LogP contribution >= 0.6 is 11.8 Å². The van der Waals surface area contributed by atoms with Crippen LogP contribution < -0.4 is 5.32 Å². The third-order valence-electron chi connectivity index (χ3n) is 3.32. The zero-order valence-corrected chi connectivity index (χ0v) is 11.4. The molecule has 1 N–H and O–H groups in total. The predicted octanol–water partition coefficient (Wildman–Crippen LogP) is 3.10. The fourth-order valence-electron chi connectivity index (χ4n) is 1.95. The molecular formula is C14H21NOS. The second-order valence-corrected chi connectivity index (χ2v) is 5.71. The van der Waals surface area contributed by atoms with E-state index in [1.54, 1.807) is 0 Å². The minimum absolute atomic E-state index is 0.428. The number of ether oxygens (including phenoxy) is 1. The van der Waals surface area contributed by atoms with Crippen molar-refractivity contribution in [1.82, 2.24) is 5.32 Å². The third-order valence-corrected chi connectivity index (χ3v) is 4.57. The number of benzene rings is 1. The van der Waals surface area contributed by atoms with Crippen LogP contribution in [0.25, 0.3) is 0 Å². The van der Waals surface area contributed by atoms with E-state index in [9.17, 15) is 0 Å². The maximum absolute atomic E-state index is 5.39. The topological polar surface area (TPSA) is 21.3 Å². The Balaban J connectivity index is 1.84. The van der Waals surface area contributed by atoms with Gasteiger partial charge in [0.05, 0.1) is 6.61 Å². The zero-order valence-electron chi connectivity index (χ0n) is 10.6. The quantitative estimate of drug-likeness (QED) is 0.813. The monoisotopic (exact) mass is 251 g/mol. The van der Waals surface area contributed by atoms with Crippen molar-refractivity contribution in [3.63, 3.8) is 0 Å². The standard InChI is InChI=1S/C14H21NOS/c1-11(15-2)13-3-5-14(6-4-13)17-10-12-7-8-16-9-12/h3-6,11-12,15H,7-10H2,1-2H3. The van der Waals surface area contributed by atoms with Gasteiger partial charge in [-0.25, -0.2) is 0 Å². The summed E-state index contributed by atoms with van der Waals surface area (Å²) in [5.74, 6) is 1.93. The van der Waals surface area contributed by atoms with E-state index >= 15 is 0 Å². The molecule has 0 amide bonds. The molecule has 1 aromatic carbocycles. The number of rotatable bonds is 5. The summed E-state index contributed by atoms with van der Waals surface area (Å²) in [4.78, 5) is 1.36. The molecule has 1 saturated heterocycles. The van der Waals surface area contributed by atoms with Crippen molar-refractivity contribution in [3.8, 4) is 0 Å². The highest BCUT2D eigenvalue weighted by Crippen LogP contribution is 2.25. The van der Waals surface area contributed by atoms with E-state index in [2.05, 4.69) is 36.5 Å². The fraction of sp³-hybridized carbons (Fsp3) is 0.571. The van der Waals surface area contributed by atoms with Crippen molar-refractivity contribution < 1.29 is 4.74 Å². The molecule has 3 heteroatoms. The Labute approximate surface area is 108 Å². The molecular weight excluding hydrogens is 230 g/mol. The van der Waals surface area contributed by atoms with Crippen LogP contribution in [-0.4, -0.2) is 26.0 Å². The first-order valence-electron chi connectivity index (χ1n) is 6.27. The van der Waals surface area contributed by atoms with E-state index in [1.165, 1.54) is 22.6 Å². The highest BCUT2D eigenvalue weighted by atomic mass is 32.2. The van der Waals surface area contributed by atoms with E-state index in [1.807, 2.05) is 18.8 Å². The molecule has 0 spiro atoms. The molecule has 0 saturated carbocycles. The Hall–Kier alpha value is -0.510. The molecule has 2 atom stereocenters. The smallest absolute Gasteiger partial charge is 0.0503 e. The Morgan fingerprint density at radius 1 is 1.41 bits per heavy atom. The Morgan fingerprint density at radius 3 is 2.76 bits per heavy atom. The maximum Gasteiger partial charge on any atom is 0.0503 e. The summed E-state index contributed by atoms with van der Waals surface area (Å²) in [6.45, 7) is 4.07. The van der Waals surface area contributed by atoms with Gasteiger partial charge in [0.25, 0.3) is 0 Å². The SMILES string of the molecule is CNC(C)c1ccc(SCC2CCOC2)cc1. The summed E-state index contributed by atoms with van der Waals surface area (Å²) in [5, 5.41) is 3.25. The van der Waals surface area contributed by atoms with Crippen molar-refractivity contribution in [1.29, 1.82) is 0 Å². The van der Waals surface area contributed by atoms with E-state index in [-0.39, 0.29) is 0 Å². The van der Waals surface area contributed by atoms with Crippen LogP contribution in [0, 0.1) is 5.92 Å². The van der Waals surface area contributed by atoms with E-state index < -0.39 is 0 Å². The first-order valence-corrected chi connectivity index (χ1v) is 7.26. The van der Waals surface area contributed by atoms with E-state index in [0.717, 1.165) is 19.1 Å².